The summed E-state index contributed by atoms with van der Waals surface area (Å²) in [6.07, 6.45) is 4.73. The number of halogens is 1. The Morgan fingerprint density at radius 1 is 1.10 bits per heavy atom. The van der Waals surface area contributed by atoms with Crippen molar-refractivity contribution in [2.24, 2.45) is 7.05 Å². The number of aryl methyl sites for hydroxylation is 3. The van der Waals surface area contributed by atoms with Gasteiger partial charge in [0.2, 0.25) is 11.9 Å². The molecule has 11 heteroatoms. The number of ether oxygens (including phenoxy) is 1. The monoisotopic (exact) mass is 576 g/mol. The normalized spacial score (nSPS) is 15.3. The smallest absolute Gasteiger partial charge is 0.248 e. The SMILES string of the molecule is Cc1cccc(C)c1Nc1nn(C)c2nc(Nc3ccc4c(c3)CN(C(=O)COC3CCNCC3)CC4)ncc12.Cl. The van der Waals surface area contributed by atoms with E-state index in [2.05, 4.69) is 64.1 Å². The maximum Gasteiger partial charge on any atom is 0.248 e. The highest BCUT2D eigenvalue weighted by Crippen LogP contribution is 2.29. The predicted molar refractivity (Wildman–Crippen MR) is 163 cm³/mol. The van der Waals surface area contributed by atoms with Crippen LogP contribution in [0.15, 0.2) is 42.6 Å². The number of benzene rings is 2. The zero-order valence-corrected chi connectivity index (χ0v) is 24.6. The number of para-hydroxylation sites is 1. The second-order valence-electron chi connectivity index (χ2n) is 10.7. The van der Waals surface area contributed by atoms with Crippen molar-refractivity contribution in [1.29, 1.82) is 0 Å². The van der Waals surface area contributed by atoms with Gasteiger partial charge in [-0.05, 0) is 80.6 Å². The van der Waals surface area contributed by atoms with Crippen molar-refractivity contribution in [1.82, 2.24) is 30.0 Å². The summed E-state index contributed by atoms with van der Waals surface area (Å²) < 4.78 is 7.67. The van der Waals surface area contributed by atoms with Crippen molar-refractivity contribution in [2.45, 2.75) is 45.8 Å². The number of nitrogens with zero attached hydrogens (tertiary/aromatic N) is 5. The third-order valence-corrected chi connectivity index (χ3v) is 7.86. The van der Waals surface area contributed by atoms with Crippen LogP contribution in [-0.2, 0) is 29.5 Å². The number of hydrogen-bond acceptors (Lipinski definition) is 8. The molecule has 0 unspecified atom stereocenters. The molecule has 0 bridgehead atoms. The largest absolute Gasteiger partial charge is 0.368 e. The summed E-state index contributed by atoms with van der Waals surface area (Å²) in [5.41, 5.74) is 7.36. The number of aromatic nitrogens is 4. The molecule has 216 valence electrons. The fourth-order valence-electron chi connectivity index (χ4n) is 5.54. The molecule has 1 fully saturated rings. The van der Waals surface area contributed by atoms with Gasteiger partial charge in [0.25, 0.3) is 0 Å². The highest BCUT2D eigenvalue weighted by molar-refractivity contribution is 5.90. The van der Waals surface area contributed by atoms with Crippen LogP contribution in [0.3, 0.4) is 0 Å². The van der Waals surface area contributed by atoms with E-state index >= 15 is 0 Å². The minimum Gasteiger partial charge on any atom is -0.368 e. The summed E-state index contributed by atoms with van der Waals surface area (Å²) in [5.74, 6) is 1.27. The van der Waals surface area contributed by atoms with Crippen LogP contribution in [0, 0.1) is 13.8 Å². The summed E-state index contributed by atoms with van der Waals surface area (Å²) in [6, 6.07) is 12.5. The number of nitrogens with one attached hydrogen (secondary N) is 3. The second kappa shape index (κ2) is 12.4. The Balaban J connectivity index is 0.00000337. The molecule has 3 N–H and O–H groups in total. The average molecular weight is 577 g/mol. The molecule has 0 atom stereocenters. The van der Waals surface area contributed by atoms with Gasteiger partial charge in [0.1, 0.15) is 6.61 Å². The van der Waals surface area contributed by atoms with Gasteiger partial charge < -0.3 is 25.6 Å². The van der Waals surface area contributed by atoms with Gasteiger partial charge in [0, 0.05) is 37.7 Å². The number of carbonyl (C=O) groups excluding carboxylic acids is 1. The highest BCUT2D eigenvalue weighted by atomic mass is 35.5. The highest BCUT2D eigenvalue weighted by Gasteiger charge is 2.23. The summed E-state index contributed by atoms with van der Waals surface area (Å²) >= 11 is 0. The lowest BCUT2D eigenvalue weighted by molar-refractivity contribution is -0.139. The van der Waals surface area contributed by atoms with Crippen LogP contribution >= 0.6 is 12.4 Å². The average Bonchev–Trinajstić information content (AvgIpc) is 3.28. The zero-order valence-electron chi connectivity index (χ0n) is 23.7. The van der Waals surface area contributed by atoms with E-state index in [0.717, 1.165) is 77.3 Å². The van der Waals surface area contributed by atoms with Crippen molar-refractivity contribution in [3.8, 4) is 0 Å². The van der Waals surface area contributed by atoms with Crippen LogP contribution in [0.25, 0.3) is 11.0 Å². The van der Waals surface area contributed by atoms with E-state index < -0.39 is 0 Å². The fraction of sp³-hybridized carbons (Fsp3) is 0.400. The number of fused-ring (bicyclic) bond motifs is 2. The lowest BCUT2D eigenvalue weighted by Crippen LogP contribution is -2.40. The topological polar surface area (TPSA) is 109 Å². The van der Waals surface area contributed by atoms with E-state index in [1.54, 1.807) is 10.9 Å². The molecule has 1 saturated heterocycles. The molecule has 10 nitrogen and oxygen atoms in total. The number of rotatable bonds is 7. The van der Waals surface area contributed by atoms with Crippen LogP contribution in [0.4, 0.5) is 23.1 Å². The Labute approximate surface area is 246 Å². The Morgan fingerprint density at radius 3 is 2.66 bits per heavy atom. The third kappa shape index (κ3) is 6.29. The van der Waals surface area contributed by atoms with Gasteiger partial charge in [-0.3, -0.25) is 4.79 Å². The van der Waals surface area contributed by atoms with Crippen LogP contribution in [-0.4, -0.2) is 62.9 Å². The molecule has 0 aliphatic carbocycles. The maximum atomic E-state index is 12.9. The summed E-state index contributed by atoms with van der Waals surface area (Å²) in [7, 11) is 1.88. The lowest BCUT2D eigenvalue weighted by Gasteiger charge is -2.30. The molecule has 4 aromatic rings. The van der Waals surface area contributed by atoms with Crippen molar-refractivity contribution in [3.05, 3.63) is 64.8 Å². The van der Waals surface area contributed by atoms with Crippen LogP contribution in [0.1, 0.15) is 35.1 Å². The molecular formula is C30H37ClN8O2. The maximum absolute atomic E-state index is 12.9. The molecule has 0 spiro atoms. The second-order valence-corrected chi connectivity index (χ2v) is 10.7. The minimum absolute atomic E-state index is 0. The molecule has 2 aliphatic heterocycles. The molecule has 1 amide bonds. The van der Waals surface area contributed by atoms with Gasteiger partial charge in [-0.15, -0.1) is 12.4 Å². The first-order chi connectivity index (χ1) is 19.4. The van der Waals surface area contributed by atoms with Crippen molar-refractivity contribution >= 4 is 52.5 Å². The van der Waals surface area contributed by atoms with Gasteiger partial charge in [-0.2, -0.15) is 10.1 Å². The number of hydrogen-bond donors (Lipinski definition) is 3. The van der Waals surface area contributed by atoms with Crippen LogP contribution < -0.4 is 16.0 Å². The fourth-order valence-corrected chi connectivity index (χ4v) is 5.54. The predicted octanol–water partition coefficient (Wildman–Crippen LogP) is 4.54. The Hall–Kier alpha value is -3.73. The molecule has 2 aromatic carbocycles. The molecular weight excluding hydrogens is 540 g/mol. The molecule has 41 heavy (non-hydrogen) atoms. The number of carbonyl (C=O) groups is 1. The van der Waals surface area contributed by atoms with Gasteiger partial charge in [0.15, 0.2) is 11.5 Å². The number of anilines is 4. The Kier molecular flexibility index (Phi) is 8.72. The first-order valence-corrected chi connectivity index (χ1v) is 14.0. The lowest BCUT2D eigenvalue weighted by atomic mass is 9.99. The minimum atomic E-state index is 0. The molecule has 0 radical (unpaired) electrons. The van der Waals surface area contributed by atoms with E-state index in [0.29, 0.717) is 19.0 Å². The van der Waals surface area contributed by atoms with Crippen molar-refractivity contribution < 1.29 is 9.53 Å². The van der Waals surface area contributed by atoms with Gasteiger partial charge in [-0.25, -0.2) is 9.67 Å². The van der Waals surface area contributed by atoms with Crippen LogP contribution in [0.2, 0.25) is 0 Å². The Morgan fingerprint density at radius 2 is 1.88 bits per heavy atom. The van der Waals surface area contributed by atoms with E-state index in [4.69, 9.17) is 9.72 Å². The third-order valence-electron chi connectivity index (χ3n) is 7.86. The summed E-state index contributed by atoms with van der Waals surface area (Å²) in [5, 5.41) is 15.7. The van der Waals surface area contributed by atoms with Crippen molar-refractivity contribution in [2.75, 3.05) is 36.9 Å². The van der Waals surface area contributed by atoms with E-state index in [9.17, 15) is 4.79 Å². The van der Waals surface area contributed by atoms with Crippen LogP contribution in [0.5, 0.6) is 0 Å². The molecule has 4 heterocycles. The first-order valence-electron chi connectivity index (χ1n) is 14.0. The standard InChI is InChI=1S/C30H36N8O2.ClH/c1-19-5-4-6-20(2)27(19)34-28-25-16-32-30(35-29(25)37(3)36-28)33-23-8-7-21-11-14-38(17-22(21)15-23)26(39)18-40-24-9-12-31-13-10-24;/h4-8,15-16,24,31H,9-14,17-18H2,1-3H3,(H,34,36)(H,32,33,35);1H. The number of amides is 1. The zero-order chi connectivity index (χ0) is 27.6. The van der Waals surface area contributed by atoms with Gasteiger partial charge in [0.05, 0.1) is 11.5 Å². The summed E-state index contributed by atoms with van der Waals surface area (Å²) in [6.45, 7) is 7.51. The first kappa shape index (κ1) is 28.8. The Bertz CT molecular complexity index is 1530. The molecule has 2 aliphatic rings. The van der Waals surface area contributed by atoms with Gasteiger partial charge in [-0.1, -0.05) is 24.3 Å². The van der Waals surface area contributed by atoms with E-state index in [-0.39, 0.29) is 31.0 Å². The quantitative estimate of drug-likeness (QED) is 0.294. The molecule has 6 rings (SSSR count). The summed E-state index contributed by atoms with van der Waals surface area (Å²) in [4.78, 5) is 24.1. The van der Waals surface area contributed by atoms with E-state index in [1.807, 2.05) is 24.1 Å². The van der Waals surface area contributed by atoms with Crippen molar-refractivity contribution in [3.63, 3.8) is 0 Å². The van der Waals surface area contributed by atoms with Gasteiger partial charge >= 0.3 is 0 Å². The molecule has 2 aromatic heterocycles. The molecule has 0 saturated carbocycles. The number of piperidine rings is 1. The van der Waals surface area contributed by atoms with E-state index in [1.165, 1.54) is 5.56 Å².